The zero-order valence-electron chi connectivity index (χ0n) is 36.5. The first kappa shape index (κ1) is 43.7. The van der Waals surface area contributed by atoms with Gasteiger partial charge in [0.05, 0.1) is 45.3 Å². The van der Waals surface area contributed by atoms with Crippen LogP contribution < -0.4 is 20.9 Å². The molecule has 0 saturated heterocycles. The monoisotopic (exact) mass is 882 g/mol. The number of carbonyl (C=O) groups excluding carboxylic acids is 2. The molecule has 2 aliphatic rings. The zero-order chi connectivity index (χ0) is 47.1. The molecule has 0 saturated carbocycles. The predicted octanol–water partition coefficient (Wildman–Crippen LogP) is 9.11. The number of aromatic carboxylic acids is 2. The summed E-state index contributed by atoms with van der Waals surface area (Å²) in [7, 11) is 0. The molecule has 8 rings (SSSR count). The van der Waals surface area contributed by atoms with E-state index in [0.29, 0.717) is 45.1 Å². The van der Waals surface area contributed by atoms with Crippen LogP contribution in [0.2, 0.25) is 0 Å². The maximum Gasteiger partial charge on any atom is 0.335 e. The van der Waals surface area contributed by atoms with Crippen molar-refractivity contribution >= 4 is 69.3 Å². The molecule has 0 aromatic heterocycles. The lowest BCUT2D eigenvalue weighted by Crippen LogP contribution is -2.28. The van der Waals surface area contributed by atoms with Gasteiger partial charge in [0.15, 0.2) is 11.4 Å². The fourth-order valence-corrected chi connectivity index (χ4v) is 7.40. The summed E-state index contributed by atoms with van der Waals surface area (Å²) in [4.78, 5) is 51.6. The third kappa shape index (κ3) is 8.33. The van der Waals surface area contributed by atoms with E-state index in [1.165, 1.54) is 58.5 Å². The molecule has 0 fully saturated rings. The van der Waals surface area contributed by atoms with Crippen molar-refractivity contribution in [1.29, 1.82) is 0 Å². The third-order valence-corrected chi connectivity index (χ3v) is 11.4. The molecule has 0 bridgehead atoms. The number of anilines is 4. The Bertz CT molecular complexity index is 2990. The van der Waals surface area contributed by atoms with E-state index in [4.69, 9.17) is 0 Å². The largest absolute Gasteiger partial charge is 0.505 e. The van der Waals surface area contributed by atoms with Gasteiger partial charge < -0.3 is 20.4 Å². The topological polar surface area (TPSA) is 229 Å². The molecule has 0 aliphatic carbocycles. The highest BCUT2D eigenvalue weighted by Crippen LogP contribution is 2.45. The van der Waals surface area contributed by atoms with Crippen LogP contribution in [0.25, 0.3) is 33.4 Å². The first-order valence-corrected chi connectivity index (χ1v) is 20.5. The summed E-state index contributed by atoms with van der Waals surface area (Å²) in [6.45, 7) is 11.0. The van der Waals surface area contributed by atoms with E-state index in [0.717, 1.165) is 22.3 Å². The number of aromatic hydroxyl groups is 2. The van der Waals surface area contributed by atoms with Gasteiger partial charge in [0.25, 0.3) is 0 Å². The van der Waals surface area contributed by atoms with Crippen LogP contribution in [0.4, 0.5) is 22.7 Å². The number of phenols is 2. The van der Waals surface area contributed by atoms with Gasteiger partial charge in [-0.3, -0.25) is 20.4 Å². The van der Waals surface area contributed by atoms with Gasteiger partial charge >= 0.3 is 23.8 Å². The highest BCUT2D eigenvalue weighted by molar-refractivity contribution is 6.72. The lowest BCUT2D eigenvalue weighted by molar-refractivity contribution is -0.112. The lowest BCUT2D eigenvalue weighted by Gasteiger charge is -2.17. The van der Waals surface area contributed by atoms with Gasteiger partial charge in [0.1, 0.15) is 11.5 Å². The van der Waals surface area contributed by atoms with Crippen molar-refractivity contribution in [2.24, 2.45) is 20.4 Å². The third-order valence-electron chi connectivity index (χ3n) is 11.4. The van der Waals surface area contributed by atoms with Crippen LogP contribution in [0, 0.1) is 27.7 Å². The van der Waals surface area contributed by atoms with Crippen LogP contribution >= 0.6 is 0 Å². The van der Waals surface area contributed by atoms with E-state index < -0.39 is 23.8 Å². The second-order valence-corrected chi connectivity index (χ2v) is 15.9. The van der Waals surface area contributed by atoms with Gasteiger partial charge in [0.2, 0.25) is 0 Å². The molecule has 2 aliphatic heterocycles. The fourth-order valence-electron chi connectivity index (χ4n) is 7.40. The maximum absolute atomic E-state index is 13.7. The normalized spacial score (nSPS) is 14.8. The average molecular weight is 883 g/mol. The van der Waals surface area contributed by atoms with Crippen molar-refractivity contribution in [3.8, 4) is 44.9 Å². The molecule has 16 nitrogen and oxygen atoms in total. The number of phenolic OH excluding ortho intramolecular Hbond substituents is 2. The summed E-state index contributed by atoms with van der Waals surface area (Å²) < 4.78 is 0. The number of hydrazone groups is 4. The Morgan fingerprint density at radius 1 is 0.500 bits per heavy atom. The molecule has 2 heterocycles. The Hall–Kier alpha value is -8.92. The molecule has 6 aromatic carbocycles. The summed E-state index contributed by atoms with van der Waals surface area (Å²) in [6, 6.07) is 29.2. The SMILES string of the molecule is CC1=NN(c2ccc(C)c(C)c2)C(=O)/C1=N/Nc1cc(-c2cc(N/N=C3/C(=O)N(c4ccc(C)c(C)c4)N=C3C)c(O)c(-c3cccc(C(=O)O)c3)c2)cc(-c2cccc(C(=O)O)c2)c1O. The summed E-state index contributed by atoms with van der Waals surface area (Å²) >= 11 is 0. The average Bonchev–Trinajstić information content (AvgIpc) is 3.75. The molecular formula is C50H42N8O8. The Labute approximate surface area is 378 Å². The summed E-state index contributed by atoms with van der Waals surface area (Å²) in [5.74, 6) is -4.09. The minimum atomic E-state index is -1.19. The summed E-state index contributed by atoms with van der Waals surface area (Å²) in [5, 5.41) is 63.6. The molecular weight excluding hydrogens is 841 g/mol. The first-order chi connectivity index (χ1) is 31.5. The number of amides is 2. The first-order valence-electron chi connectivity index (χ1n) is 20.5. The molecule has 0 atom stereocenters. The van der Waals surface area contributed by atoms with Crippen LogP contribution in [0.5, 0.6) is 11.5 Å². The molecule has 16 heteroatoms. The molecule has 330 valence electrons. The molecule has 6 N–H and O–H groups in total. The number of nitrogens with zero attached hydrogens (tertiary/aromatic N) is 6. The van der Waals surface area contributed by atoms with Gasteiger partial charge in [-0.05, 0) is 159 Å². The van der Waals surface area contributed by atoms with Crippen molar-refractivity contribution < 1.29 is 39.6 Å². The van der Waals surface area contributed by atoms with Crippen LogP contribution in [-0.4, -0.2) is 67.0 Å². The molecule has 0 unspecified atom stereocenters. The molecule has 6 aromatic rings. The Balaban J connectivity index is 1.25. The van der Waals surface area contributed by atoms with Crippen molar-refractivity contribution in [2.45, 2.75) is 41.5 Å². The van der Waals surface area contributed by atoms with Crippen LogP contribution in [0.1, 0.15) is 56.8 Å². The fraction of sp³-hybridized carbons (Fsp3) is 0.120. The van der Waals surface area contributed by atoms with Crippen molar-refractivity contribution in [3.63, 3.8) is 0 Å². The second-order valence-electron chi connectivity index (χ2n) is 15.9. The molecule has 2 amide bonds. The van der Waals surface area contributed by atoms with E-state index in [9.17, 15) is 39.6 Å². The number of aryl methyl sites for hydroxylation is 4. The lowest BCUT2D eigenvalue weighted by atomic mass is 9.93. The minimum absolute atomic E-state index is 0.00744. The quantitative estimate of drug-likeness (QED) is 0.0534. The van der Waals surface area contributed by atoms with Gasteiger partial charge in [-0.2, -0.15) is 30.4 Å². The van der Waals surface area contributed by atoms with Crippen molar-refractivity contribution in [1.82, 2.24) is 0 Å². The number of nitrogens with one attached hydrogen (secondary N) is 2. The van der Waals surface area contributed by atoms with Crippen molar-refractivity contribution in [2.75, 3.05) is 20.9 Å². The van der Waals surface area contributed by atoms with Gasteiger partial charge in [-0.25, -0.2) is 9.59 Å². The van der Waals surface area contributed by atoms with Crippen LogP contribution in [0.15, 0.2) is 130 Å². The number of rotatable bonds is 11. The van der Waals surface area contributed by atoms with Crippen molar-refractivity contribution in [3.05, 3.63) is 143 Å². The predicted molar refractivity (Wildman–Crippen MR) is 255 cm³/mol. The smallest absolute Gasteiger partial charge is 0.335 e. The Kier molecular flexibility index (Phi) is 11.5. The number of carboxylic acids is 2. The van der Waals surface area contributed by atoms with Crippen LogP contribution in [0.3, 0.4) is 0 Å². The van der Waals surface area contributed by atoms with Gasteiger partial charge in [0, 0.05) is 11.1 Å². The van der Waals surface area contributed by atoms with Gasteiger partial charge in [-0.1, -0.05) is 36.4 Å². The Morgan fingerprint density at radius 2 is 0.894 bits per heavy atom. The van der Waals surface area contributed by atoms with E-state index in [1.54, 1.807) is 50.2 Å². The van der Waals surface area contributed by atoms with Gasteiger partial charge in [-0.15, -0.1) is 0 Å². The second kappa shape index (κ2) is 17.3. The number of hydrogen-bond acceptors (Lipinski definition) is 12. The minimum Gasteiger partial charge on any atom is -0.505 e. The Morgan fingerprint density at radius 3 is 1.26 bits per heavy atom. The van der Waals surface area contributed by atoms with E-state index in [2.05, 4.69) is 31.3 Å². The summed E-state index contributed by atoms with van der Waals surface area (Å²) in [6.07, 6.45) is 0. The number of hydrogen-bond donors (Lipinski definition) is 6. The highest BCUT2D eigenvalue weighted by atomic mass is 16.4. The van der Waals surface area contributed by atoms with E-state index in [1.807, 2.05) is 52.0 Å². The molecule has 0 radical (unpaired) electrons. The number of carboxylic acid groups (broad SMARTS) is 2. The standard InChI is InChI=1S/C50H42N8O8/c1-25-13-15-37(17-27(25)3)57-47(61)43(29(5)55-57)53-51-41-23-35(21-39(45(41)59)31-9-7-11-33(19-31)49(63)64)36-22-40(32-10-8-12-34(20-32)50(65)66)46(60)42(24-36)52-54-44-30(6)56-58(48(44)62)38-16-14-26(2)28(4)18-38/h7-24,51-52,59-60H,1-6H3,(H,63,64)(H,65,66)/b53-43+,54-44+. The van der Waals surface area contributed by atoms with Crippen LogP contribution in [-0.2, 0) is 9.59 Å². The maximum atomic E-state index is 13.7. The van der Waals surface area contributed by atoms with E-state index >= 15 is 0 Å². The molecule has 66 heavy (non-hydrogen) atoms. The summed E-state index contributed by atoms with van der Waals surface area (Å²) in [5.41, 5.74) is 13.0. The molecule has 0 spiro atoms. The zero-order valence-corrected chi connectivity index (χ0v) is 36.5. The highest BCUT2D eigenvalue weighted by Gasteiger charge is 2.33. The number of benzene rings is 6. The number of carbonyl (C=O) groups is 4. The van der Waals surface area contributed by atoms with E-state index in [-0.39, 0.29) is 56.6 Å².